The molecule has 5 heteroatoms. The number of hydrogen-bond donors (Lipinski definition) is 0. The minimum atomic E-state index is -3.42. The van der Waals surface area contributed by atoms with E-state index in [1.165, 1.54) is 12.2 Å². The third kappa shape index (κ3) is 2.80. The van der Waals surface area contributed by atoms with Crippen LogP contribution in [0.25, 0.3) is 0 Å². The Kier molecular flexibility index (Phi) is 3.65. The number of hydrogen-bond acceptors (Lipinski definition) is 3. The van der Waals surface area contributed by atoms with Gasteiger partial charge < -0.3 is 0 Å². The Hall–Kier alpha value is -1.39. The molecule has 100 valence electrons. The maximum absolute atomic E-state index is 12.1. The zero-order valence-electron chi connectivity index (χ0n) is 10.3. The Balaban J connectivity index is 2.25. The van der Waals surface area contributed by atoms with Crippen LogP contribution in [0.2, 0.25) is 0 Å². The molecule has 1 aliphatic carbocycles. The van der Waals surface area contributed by atoms with Crippen LogP contribution in [-0.4, -0.2) is 24.7 Å². The maximum Gasteiger partial charge on any atom is 0.192 e. The summed E-state index contributed by atoms with van der Waals surface area (Å²) >= 11 is 6.04. The number of alkyl halides is 1. The van der Waals surface area contributed by atoms with Gasteiger partial charge in [-0.05, 0) is 6.08 Å². The summed E-state index contributed by atoms with van der Waals surface area (Å²) in [6.45, 7) is 0. The van der Waals surface area contributed by atoms with Gasteiger partial charge in [0.2, 0.25) is 0 Å². The van der Waals surface area contributed by atoms with Gasteiger partial charge >= 0.3 is 0 Å². The molecule has 1 aromatic rings. The first-order valence-corrected chi connectivity index (χ1v) is 7.98. The number of benzene rings is 1. The molecule has 0 spiro atoms. The molecule has 0 bridgehead atoms. The van der Waals surface area contributed by atoms with E-state index < -0.39 is 14.0 Å². The van der Waals surface area contributed by atoms with Crippen molar-refractivity contribution < 1.29 is 13.2 Å². The summed E-state index contributed by atoms with van der Waals surface area (Å²) < 4.78 is 21.7. The van der Waals surface area contributed by atoms with Crippen molar-refractivity contribution in [3.8, 4) is 0 Å². The number of Topliss-reactive ketones (excluding diaryl/α,β-unsaturated/α-hetero) is 1. The van der Waals surface area contributed by atoms with E-state index in [0.717, 1.165) is 6.26 Å². The lowest BCUT2D eigenvalue weighted by molar-refractivity contribution is 0.103. The van der Waals surface area contributed by atoms with Gasteiger partial charge in [-0.3, -0.25) is 4.79 Å². The van der Waals surface area contributed by atoms with Gasteiger partial charge in [0, 0.05) is 23.8 Å². The van der Waals surface area contributed by atoms with Gasteiger partial charge in [-0.15, -0.1) is 0 Å². The molecule has 0 N–H and O–H groups in total. The Bertz CT molecular complexity index is 659. The van der Waals surface area contributed by atoms with E-state index >= 15 is 0 Å². The number of sulfone groups is 1. The van der Waals surface area contributed by atoms with Crippen LogP contribution < -0.4 is 0 Å². The molecule has 1 atom stereocenters. The molecule has 1 aromatic carbocycles. The molecular formula is C14H13ClO3S. The molecule has 1 aliphatic rings. The summed E-state index contributed by atoms with van der Waals surface area (Å²) in [5.74, 6) is -0.135. The lowest BCUT2D eigenvalue weighted by atomic mass is 9.98. The van der Waals surface area contributed by atoms with Crippen LogP contribution in [-0.2, 0) is 9.84 Å². The largest absolute Gasteiger partial charge is 0.289 e. The first kappa shape index (κ1) is 14.0. The van der Waals surface area contributed by atoms with Crippen LogP contribution in [0.4, 0.5) is 0 Å². The standard InChI is InChI=1S/C14H13ClO3S/c1-19(17,18)14(15)9-7-12(8-10-14)13(16)11-5-3-2-4-6-11/h2-9H,10H2,1H3. The summed E-state index contributed by atoms with van der Waals surface area (Å²) in [5.41, 5.74) is 1.03. The fraction of sp³-hybridized carbons (Fsp3) is 0.214. The van der Waals surface area contributed by atoms with Gasteiger partial charge in [0.1, 0.15) is 0 Å². The molecule has 0 fully saturated rings. The van der Waals surface area contributed by atoms with E-state index in [1.54, 1.807) is 30.3 Å². The molecule has 1 unspecified atom stereocenters. The van der Waals surface area contributed by atoms with Crippen molar-refractivity contribution in [2.75, 3.05) is 6.26 Å². The zero-order valence-corrected chi connectivity index (χ0v) is 11.9. The second-order valence-electron chi connectivity index (χ2n) is 4.45. The van der Waals surface area contributed by atoms with Crippen LogP contribution in [0.3, 0.4) is 0 Å². The Morgan fingerprint density at radius 2 is 1.89 bits per heavy atom. The molecule has 2 rings (SSSR count). The summed E-state index contributed by atoms with van der Waals surface area (Å²) in [6.07, 6.45) is 5.61. The third-order valence-electron chi connectivity index (χ3n) is 3.03. The normalized spacial score (nSPS) is 22.9. The fourth-order valence-corrected chi connectivity index (χ4v) is 2.64. The quantitative estimate of drug-likeness (QED) is 0.636. The molecule has 0 amide bonds. The number of rotatable bonds is 3. The van der Waals surface area contributed by atoms with Crippen molar-refractivity contribution in [1.29, 1.82) is 0 Å². The Labute approximate surface area is 117 Å². The van der Waals surface area contributed by atoms with Crippen molar-refractivity contribution >= 4 is 27.2 Å². The molecule has 0 saturated carbocycles. The van der Waals surface area contributed by atoms with Crippen LogP contribution in [0, 0.1) is 0 Å². The van der Waals surface area contributed by atoms with Gasteiger partial charge in [-0.25, -0.2) is 8.42 Å². The van der Waals surface area contributed by atoms with Crippen LogP contribution in [0.5, 0.6) is 0 Å². The summed E-state index contributed by atoms with van der Waals surface area (Å²) in [4.78, 5) is 12.1. The van der Waals surface area contributed by atoms with Crippen molar-refractivity contribution in [2.45, 2.75) is 10.6 Å². The minimum Gasteiger partial charge on any atom is -0.289 e. The average Bonchev–Trinajstić information content (AvgIpc) is 2.39. The van der Waals surface area contributed by atoms with E-state index in [1.807, 2.05) is 6.07 Å². The van der Waals surface area contributed by atoms with Crippen molar-refractivity contribution in [3.63, 3.8) is 0 Å². The van der Waals surface area contributed by atoms with Crippen molar-refractivity contribution in [1.82, 2.24) is 0 Å². The number of halogens is 1. The summed E-state index contributed by atoms with van der Waals surface area (Å²) in [5, 5.41) is 0. The second kappa shape index (κ2) is 4.94. The molecular weight excluding hydrogens is 284 g/mol. The SMILES string of the molecule is CS(=O)(=O)C1(Cl)C=CC(C(=O)c2ccccc2)=CC1. The van der Waals surface area contributed by atoms with Gasteiger partial charge in [-0.2, -0.15) is 0 Å². The highest BCUT2D eigenvalue weighted by atomic mass is 35.5. The first-order valence-electron chi connectivity index (χ1n) is 5.71. The van der Waals surface area contributed by atoms with E-state index in [2.05, 4.69) is 0 Å². The number of ketones is 1. The van der Waals surface area contributed by atoms with E-state index in [9.17, 15) is 13.2 Å². The van der Waals surface area contributed by atoms with Gasteiger partial charge in [0.15, 0.2) is 19.8 Å². The average molecular weight is 297 g/mol. The topological polar surface area (TPSA) is 51.2 Å². The molecule has 0 aromatic heterocycles. The lowest BCUT2D eigenvalue weighted by Crippen LogP contribution is -2.30. The van der Waals surface area contributed by atoms with Crippen molar-refractivity contribution in [3.05, 3.63) is 59.7 Å². The molecule has 0 aliphatic heterocycles. The predicted octanol–water partition coefficient (Wildman–Crippen LogP) is 2.74. The fourth-order valence-electron chi connectivity index (χ4n) is 1.80. The van der Waals surface area contributed by atoms with E-state index in [4.69, 9.17) is 11.6 Å². The molecule has 0 heterocycles. The monoisotopic (exact) mass is 296 g/mol. The Morgan fingerprint density at radius 3 is 2.37 bits per heavy atom. The molecule has 3 nitrogen and oxygen atoms in total. The van der Waals surface area contributed by atoms with E-state index in [0.29, 0.717) is 11.1 Å². The van der Waals surface area contributed by atoms with Gasteiger partial charge in [0.25, 0.3) is 0 Å². The minimum absolute atomic E-state index is 0.0950. The van der Waals surface area contributed by atoms with E-state index in [-0.39, 0.29) is 12.2 Å². The summed E-state index contributed by atoms with van der Waals surface area (Å²) in [7, 11) is -3.42. The number of carbonyl (C=O) groups is 1. The lowest BCUT2D eigenvalue weighted by Gasteiger charge is -2.23. The smallest absolute Gasteiger partial charge is 0.192 e. The highest BCUT2D eigenvalue weighted by molar-refractivity contribution is 7.93. The maximum atomic E-state index is 12.1. The molecule has 0 radical (unpaired) electrons. The predicted molar refractivity (Wildman–Crippen MR) is 76.0 cm³/mol. The number of allylic oxidation sites excluding steroid dienone is 3. The van der Waals surface area contributed by atoms with Gasteiger partial charge in [-0.1, -0.05) is 54.1 Å². The van der Waals surface area contributed by atoms with Gasteiger partial charge in [0.05, 0.1) is 0 Å². The van der Waals surface area contributed by atoms with Crippen LogP contribution in [0.15, 0.2) is 54.1 Å². The highest BCUT2D eigenvalue weighted by Gasteiger charge is 2.37. The molecule has 0 saturated heterocycles. The van der Waals surface area contributed by atoms with Crippen LogP contribution in [0.1, 0.15) is 16.8 Å². The first-order chi connectivity index (χ1) is 8.83. The second-order valence-corrected chi connectivity index (χ2v) is 7.62. The zero-order chi connectivity index (χ0) is 14.1. The molecule has 19 heavy (non-hydrogen) atoms. The summed E-state index contributed by atoms with van der Waals surface area (Å²) in [6, 6.07) is 8.83. The number of carbonyl (C=O) groups excluding carboxylic acids is 1. The third-order valence-corrected chi connectivity index (χ3v) is 5.68. The van der Waals surface area contributed by atoms with Crippen LogP contribution >= 0.6 is 11.6 Å². The Morgan fingerprint density at radius 1 is 1.26 bits per heavy atom. The van der Waals surface area contributed by atoms with Crippen molar-refractivity contribution in [2.24, 2.45) is 0 Å². The highest BCUT2D eigenvalue weighted by Crippen LogP contribution is 2.33.